The number of piperazine rings is 1. The molecule has 10 heteroatoms. The van der Waals surface area contributed by atoms with E-state index in [-0.39, 0.29) is 29.6 Å². The maximum absolute atomic E-state index is 13.2. The fourth-order valence-corrected chi connectivity index (χ4v) is 4.64. The van der Waals surface area contributed by atoms with Crippen LogP contribution < -0.4 is 10.5 Å². The van der Waals surface area contributed by atoms with Gasteiger partial charge in [-0.2, -0.15) is 0 Å². The fraction of sp³-hybridized carbons (Fsp3) is 0.269. The molecule has 0 radical (unpaired) electrons. The first-order valence-electron chi connectivity index (χ1n) is 11.7. The first kappa shape index (κ1) is 23.4. The second-order valence-corrected chi connectivity index (χ2v) is 9.02. The molecule has 2 amide bonds. The zero-order valence-electron chi connectivity index (χ0n) is 19.5. The van der Waals surface area contributed by atoms with Crippen LogP contribution in [0, 0.1) is 0 Å². The number of aromatic amines is 1. The highest BCUT2D eigenvalue weighted by molar-refractivity contribution is 6.15. The number of aromatic nitrogens is 1. The van der Waals surface area contributed by atoms with Gasteiger partial charge in [-0.1, -0.05) is 6.07 Å². The highest BCUT2D eigenvalue weighted by Crippen LogP contribution is 2.40. The highest BCUT2D eigenvalue weighted by Gasteiger charge is 2.32. The smallest absolute Gasteiger partial charge is 0.407 e. The standard InChI is InChI=1S/C26H26N4O6/c27-23(32)6-2-15-1-4-20-18(11-15)16(13-28-20)12-22-24(33)17-3-5-21(31)19(25(17)36-22)14-29-7-9-30(10-8-29)26(34)35/h1,3-5,11-13,28,31H,2,6-10,14H2,(H2,27,32)(H,34,35)/b22-12-. The second-order valence-electron chi connectivity index (χ2n) is 9.02. The molecule has 10 nitrogen and oxygen atoms in total. The second kappa shape index (κ2) is 9.38. The first-order valence-corrected chi connectivity index (χ1v) is 11.7. The summed E-state index contributed by atoms with van der Waals surface area (Å²) in [4.78, 5) is 42.0. The quantitative estimate of drug-likeness (QED) is 0.388. The van der Waals surface area contributed by atoms with Crippen LogP contribution in [0.25, 0.3) is 17.0 Å². The van der Waals surface area contributed by atoms with E-state index in [0.29, 0.717) is 56.0 Å². The van der Waals surface area contributed by atoms with E-state index in [4.69, 9.17) is 15.6 Å². The van der Waals surface area contributed by atoms with Crippen molar-refractivity contribution in [3.63, 3.8) is 0 Å². The van der Waals surface area contributed by atoms with Crippen molar-refractivity contribution in [3.8, 4) is 11.5 Å². The molecule has 2 aromatic carbocycles. The summed E-state index contributed by atoms with van der Waals surface area (Å²) in [5.41, 5.74) is 8.75. The van der Waals surface area contributed by atoms with E-state index >= 15 is 0 Å². The number of Topliss-reactive ketones (excluding diaryl/α,β-unsaturated/α-hetero) is 1. The molecule has 1 fully saturated rings. The van der Waals surface area contributed by atoms with Crippen molar-refractivity contribution in [2.45, 2.75) is 19.4 Å². The summed E-state index contributed by atoms with van der Waals surface area (Å²) in [6.45, 7) is 2.11. The van der Waals surface area contributed by atoms with E-state index < -0.39 is 6.09 Å². The van der Waals surface area contributed by atoms with Gasteiger partial charge in [-0.3, -0.25) is 14.5 Å². The normalized spacial score (nSPS) is 16.9. The summed E-state index contributed by atoms with van der Waals surface area (Å²) in [6.07, 6.45) is 3.29. The lowest BCUT2D eigenvalue weighted by molar-refractivity contribution is -0.118. The average Bonchev–Trinajstić information content (AvgIpc) is 3.40. The predicted octanol–water partition coefficient (Wildman–Crippen LogP) is 2.70. The van der Waals surface area contributed by atoms with E-state index in [9.17, 15) is 19.5 Å². The van der Waals surface area contributed by atoms with Crippen molar-refractivity contribution in [2.24, 2.45) is 5.73 Å². The van der Waals surface area contributed by atoms with Crippen LogP contribution in [-0.4, -0.2) is 69.0 Å². The number of nitrogens with two attached hydrogens (primary N) is 1. The van der Waals surface area contributed by atoms with Gasteiger partial charge < -0.3 is 30.6 Å². The lowest BCUT2D eigenvalue weighted by Gasteiger charge is -2.33. The number of aryl methyl sites for hydroxylation is 1. The number of aromatic hydroxyl groups is 1. The number of amides is 2. The summed E-state index contributed by atoms with van der Waals surface area (Å²) in [5, 5.41) is 20.6. The van der Waals surface area contributed by atoms with E-state index in [0.717, 1.165) is 22.0 Å². The Labute approximate surface area is 206 Å². The summed E-state index contributed by atoms with van der Waals surface area (Å²) in [5.74, 6) is -0.141. The van der Waals surface area contributed by atoms with E-state index in [1.54, 1.807) is 18.3 Å². The van der Waals surface area contributed by atoms with E-state index in [1.165, 1.54) is 11.0 Å². The summed E-state index contributed by atoms with van der Waals surface area (Å²) in [6, 6.07) is 8.85. The Hall–Kier alpha value is -4.31. The van der Waals surface area contributed by atoms with Crippen LogP contribution in [0.5, 0.6) is 11.5 Å². The summed E-state index contributed by atoms with van der Waals surface area (Å²) in [7, 11) is 0. The lowest BCUT2D eigenvalue weighted by Crippen LogP contribution is -2.47. The Morgan fingerprint density at radius 3 is 2.64 bits per heavy atom. The Morgan fingerprint density at radius 2 is 1.92 bits per heavy atom. The number of H-pyrrole nitrogens is 1. The number of ketones is 1. The number of carbonyl (C=O) groups excluding carboxylic acids is 2. The number of phenols is 1. The largest absolute Gasteiger partial charge is 0.507 e. The zero-order chi connectivity index (χ0) is 25.4. The van der Waals surface area contributed by atoms with Crippen LogP contribution in [0.3, 0.4) is 0 Å². The number of ether oxygens (including phenoxy) is 1. The molecule has 0 saturated carbocycles. The average molecular weight is 491 g/mol. The number of hydrogen-bond donors (Lipinski definition) is 4. The van der Waals surface area contributed by atoms with Gasteiger partial charge in [0.05, 0.1) is 11.1 Å². The van der Waals surface area contributed by atoms with Gasteiger partial charge in [0.1, 0.15) is 11.5 Å². The molecule has 0 unspecified atom stereocenters. The number of phenolic OH excluding ortho intramolecular Hbond substituents is 1. The molecule has 0 atom stereocenters. The topological polar surface area (TPSA) is 149 Å². The van der Waals surface area contributed by atoms with E-state index in [1.807, 2.05) is 23.1 Å². The van der Waals surface area contributed by atoms with Crippen LogP contribution in [0.1, 0.15) is 33.5 Å². The maximum Gasteiger partial charge on any atom is 0.407 e. The third-order valence-corrected chi connectivity index (χ3v) is 6.67. The van der Waals surface area contributed by atoms with Crippen LogP contribution in [-0.2, 0) is 17.8 Å². The van der Waals surface area contributed by atoms with Gasteiger partial charge in [0.15, 0.2) is 5.76 Å². The van der Waals surface area contributed by atoms with Crippen molar-refractivity contribution in [1.29, 1.82) is 0 Å². The molecule has 5 rings (SSSR count). The number of fused-ring (bicyclic) bond motifs is 2. The van der Waals surface area contributed by atoms with Crippen molar-refractivity contribution in [3.05, 3.63) is 64.5 Å². The maximum atomic E-state index is 13.2. The van der Waals surface area contributed by atoms with Crippen LogP contribution >= 0.6 is 0 Å². The monoisotopic (exact) mass is 490 g/mol. The van der Waals surface area contributed by atoms with Crippen LogP contribution in [0.15, 0.2) is 42.3 Å². The molecule has 0 spiro atoms. The molecule has 0 bridgehead atoms. The molecule has 1 saturated heterocycles. The van der Waals surface area contributed by atoms with Gasteiger partial charge in [0.2, 0.25) is 11.7 Å². The Bertz CT molecular complexity index is 1400. The Balaban J connectivity index is 1.40. The Morgan fingerprint density at radius 1 is 1.14 bits per heavy atom. The lowest BCUT2D eigenvalue weighted by atomic mass is 10.0. The van der Waals surface area contributed by atoms with Gasteiger partial charge in [-0.05, 0) is 42.3 Å². The molecule has 1 aromatic heterocycles. The zero-order valence-corrected chi connectivity index (χ0v) is 19.5. The molecular weight excluding hydrogens is 464 g/mol. The minimum absolute atomic E-state index is 0.0228. The van der Waals surface area contributed by atoms with Gasteiger partial charge in [-0.25, -0.2) is 4.79 Å². The minimum Gasteiger partial charge on any atom is -0.507 e. The van der Waals surface area contributed by atoms with Crippen LogP contribution in [0.4, 0.5) is 4.79 Å². The van der Waals surface area contributed by atoms with Crippen molar-refractivity contribution < 1.29 is 29.3 Å². The molecule has 0 aliphatic carbocycles. The highest BCUT2D eigenvalue weighted by atomic mass is 16.5. The number of nitrogens with zero attached hydrogens (tertiary/aromatic N) is 2. The molecule has 186 valence electrons. The van der Waals surface area contributed by atoms with Crippen molar-refractivity contribution in [1.82, 2.24) is 14.8 Å². The fourth-order valence-electron chi connectivity index (χ4n) is 4.64. The molecule has 5 N–H and O–H groups in total. The van der Waals surface area contributed by atoms with E-state index in [2.05, 4.69) is 4.98 Å². The number of hydrogen-bond acceptors (Lipinski definition) is 6. The molecule has 3 aromatic rings. The first-order chi connectivity index (χ1) is 17.3. The summed E-state index contributed by atoms with van der Waals surface area (Å²) >= 11 is 0. The third-order valence-electron chi connectivity index (χ3n) is 6.67. The molecule has 2 aliphatic rings. The van der Waals surface area contributed by atoms with Gasteiger partial charge in [0, 0.05) is 61.8 Å². The molecule has 2 aliphatic heterocycles. The third kappa shape index (κ3) is 4.50. The summed E-state index contributed by atoms with van der Waals surface area (Å²) < 4.78 is 6.01. The molecule has 36 heavy (non-hydrogen) atoms. The van der Waals surface area contributed by atoms with Crippen LogP contribution in [0.2, 0.25) is 0 Å². The SMILES string of the molecule is NC(=O)CCc1ccc2[nH]cc(/C=C3\Oc4c(ccc(O)c4CN4CCN(C(=O)O)CC4)C3=O)c2c1. The number of carboxylic acid groups (broad SMARTS) is 1. The molecule has 3 heterocycles. The van der Waals surface area contributed by atoms with Crippen molar-refractivity contribution in [2.75, 3.05) is 26.2 Å². The minimum atomic E-state index is -0.945. The molecular formula is C26H26N4O6. The number of nitrogens with one attached hydrogen (secondary N) is 1. The van der Waals surface area contributed by atoms with Crippen molar-refractivity contribution >= 4 is 34.8 Å². The number of rotatable bonds is 6. The van der Waals surface area contributed by atoms with Gasteiger partial charge in [0.25, 0.3) is 0 Å². The number of benzene rings is 2. The number of primary amides is 1. The number of carbonyl (C=O) groups is 3. The Kier molecular flexibility index (Phi) is 6.11. The number of allylic oxidation sites excluding steroid dienone is 1. The van der Waals surface area contributed by atoms with Gasteiger partial charge in [-0.15, -0.1) is 0 Å². The predicted molar refractivity (Wildman–Crippen MR) is 132 cm³/mol. The van der Waals surface area contributed by atoms with Gasteiger partial charge >= 0.3 is 6.09 Å².